The Morgan fingerprint density at radius 2 is 0.635 bits per heavy atom. The van der Waals surface area contributed by atoms with E-state index in [9.17, 15) is 0 Å². The molecule has 1 heteroatoms. The second-order valence-electron chi connectivity index (χ2n) is 17.1. The Morgan fingerprint density at radius 3 is 1.27 bits per heavy atom. The second-order valence-corrected chi connectivity index (χ2v) is 17.1. The molecule has 1 nitrogen and oxygen atoms in total. The Labute approximate surface area is 362 Å². The zero-order valence-corrected chi connectivity index (χ0v) is 34.2. The third-order valence-electron chi connectivity index (χ3n) is 13.8. The zero-order chi connectivity index (χ0) is 41.2. The van der Waals surface area contributed by atoms with Crippen LogP contribution in [0.25, 0.3) is 141 Å². The standard InChI is InChI=1S/C62H36O/c1-2-16-43-37(14-1)15-13-27-47(43)58-52-24-10-8-22-50(52)57(51-23-9-11-25-53(51)58)42-31-30-38-34-39(28-29-40(38)35-42)41-32-33-55-56(36-41)46-19-4-7-21-49(46)60-59-48-20-6-3-17-44(48)45-18-5-12-26-54(45)61(59)63-62(55)60/h1-36H. The molecule has 0 aliphatic heterocycles. The van der Waals surface area contributed by atoms with Gasteiger partial charge in [-0.1, -0.05) is 194 Å². The van der Waals surface area contributed by atoms with Gasteiger partial charge in [-0.2, -0.15) is 0 Å². The third kappa shape index (κ3) is 4.93. The van der Waals surface area contributed by atoms with Gasteiger partial charge in [-0.05, 0) is 133 Å². The summed E-state index contributed by atoms with van der Waals surface area (Å²) in [7, 11) is 0. The van der Waals surface area contributed by atoms with Crippen LogP contribution in [0.1, 0.15) is 0 Å². The highest BCUT2D eigenvalue weighted by Gasteiger charge is 2.22. The molecule has 1 heterocycles. The van der Waals surface area contributed by atoms with Crippen LogP contribution in [0.5, 0.6) is 0 Å². The number of fused-ring (bicyclic) bond motifs is 17. The molecule has 0 radical (unpaired) electrons. The highest BCUT2D eigenvalue weighted by molar-refractivity contribution is 6.38. The number of hydrogen-bond acceptors (Lipinski definition) is 1. The van der Waals surface area contributed by atoms with E-state index in [1.54, 1.807) is 0 Å². The minimum atomic E-state index is 0.947. The molecule has 0 saturated carbocycles. The number of hydrogen-bond donors (Lipinski definition) is 0. The number of furan rings is 1. The summed E-state index contributed by atoms with van der Waals surface area (Å²) in [5.74, 6) is 0. The first kappa shape index (κ1) is 34.5. The maximum absolute atomic E-state index is 7.05. The Morgan fingerprint density at radius 1 is 0.222 bits per heavy atom. The van der Waals surface area contributed by atoms with Crippen molar-refractivity contribution in [2.45, 2.75) is 0 Å². The van der Waals surface area contributed by atoms with Crippen molar-refractivity contribution in [1.29, 1.82) is 0 Å². The number of rotatable bonds is 3. The average molecular weight is 797 g/mol. The first-order chi connectivity index (χ1) is 31.3. The Hall–Kier alpha value is -8.26. The molecule has 1 aromatic heterocycles. The predicted molar refractivity (Wildman–Crippen MR) is 270 cm³/mol. The Bertz CT molecular complexity index is 4200. The van der Waals surface area contributed by atoms with Crippen molar-refractivity contribution in [1.82, 2.24) is 0 Å². The molecule has 0 aliphatic carbocycles. The molecule has 0 fully saturated rings. The molecule has 0 saturated heterocycles. The van der Waals surface area contributed by atoms with E-state index >= 15 is 0 Å². The lowest BCUT2D eigenvalue weighted by molar-refractivity contribution is 0.677. The van der Waals surface area contributed by atoms with Crippen LogP contribution in [0.3, 0.4) is 0 Å². The van der Waals surface area contributed by atoms with Gasteiger partial charge in [0.15, 0.2) is 0 Å². The minimum absolute atomic E-state index is 0.947. The fourth-order valence-corrected chi connectivity index (χ4v) is 11.0. The van der Waals surface area contributed by atoms with E-state index in [0.717, 1.165) is 21.9 Å². The van der Waals surface area contributed by atoms with Crippen LogP contribution < -0.4 is 0 Å². The van der Waals surface area contributed by atoms with Gasteiger partial charge in [0, 0.05) is 21.5 Å². The molecule has 13 aromatic carbocycles. The summed E-state index contributed by atoms with van der Waals surface area (Å²) in [6, 6.07) is 80.4. The summed E-state index contributed by atoms with van der Waals surface area (Å²) in [6.07, 6.45) is 0. The molecular formula is C62H36O. The molecule has 0 bridgehead atoms. The van der Waals surface area contributed by atoms with Crippen molar-refractivity contribution in [3.63, 3.8) is 0 Å². The van der Waals surface area contributed by atoms with E-state index in [0.29, 0.717) is 0 Å². The van der Waals surface area contributed by atoms with Crippen molar-refractivity contribution in [3.05, 3.63) is 218 Å². The lowest BCUT2D eigenvalue weighted by Crippen LogP contribution is -1.91. The van der Waals surface area contributed by atoms with Crippen LogP contribution in [0.15, 0.2) is 223 Å². The van der Waals surface area contributed by atoms with Crippen LogP contribution in [0, 0.1) is 0 Å². The van der Waals surface area contributed by atoms with Crippen molar-refractivity contribution >= 4 is 108 Å². The summed E-state index contributed by atoms with van der Waals surface area (Å²) < 4.78 is 7.05. The second kappa shape index (κ2) is 13.1. The topological polar surface area (TPSA) is 13.1 Å². The summed E-state index contributed by atoms with van der Waals surface area (Å²) in [4.78, 5) is 0. The van der Waals surface area contributed by atoms with E-state index in [2.05, 4.69) is 218 Å². The molecule has 0 amide bonds. The van der Waals surface area contributed by atoms with Crippen LogP contribution in [-0.2, 0) is 0 Å². The molecule has 63 heavy (non-hydrogen) atoms. The van der Waals surface area contributed by atoms with Crippen molar-refractivity contribution in [3.8, 4) is 33.4 Å². The SMILES string of the molecule is c1ccc2c(-c3c4ccccc4c(-c4ccc5cc(-c6ccc7c(c6)c6ccccc6c6c7oc7c8ccccc8c8ccccc8c76)ccc5c4)c4ccccc34)cccc2c1. The highest BCUT2D eigenvalue weighted by atomic mass is 16.3. The quantitative estimate of drug-likeness (QED) is 0.128. The molecule has 0 N–H and O–H groups in total. The highest BCUT2D eigenvalue weighted by Crippen LogP contribution is 2.48. The van der Waals surface area contributed by atoms with Crippen molar-refractivity contribution in [2.75, 3.05) is 0 Å². The van der Waals surface area contributed by atoms with Gasteiger partial charge < -0.3 is 4.42 Å². The maximum Gasteiger partial charge on any atom is 0.143 e. The van der Waals surface area contributed by atoms with Gasteiger partial charge in [-0.25, -0.2) is 0 Å². The Kier molecular flexibility index (Phi) is 7.17. The van der Waals surface area contributed by atoms with E-state index in [4.69, 9.17) is 4.42 Å². The molecule has 0 aliphatic rings. The zero-order valence-electron chi connectivity index (χ0n) is 34.2. The lowest BCUT2D eigenvalue weighted by Gasteiger charge is -2.19. The summed E-state index contributed by atoms with van der Waals surface area (Å²) >= 11 is 0. The van der Waals surface area contributed by atoms with Gasteiger partial charge in [-0.15, -0.1) is 0 Å². The van der Waals surface area contributed by atoms with Gasteiger partial charge in [0.2, 0.25) is 0 Å². The lowest BCUT2D eigenvalue weighted by atomic mass is 9.84. The fourth-order valence-electron chi connectivity index (χ4n) is 11.0. The molecule has 0 unspecified atom stereocenters. The normalized spacial score (nSPS) is 12.1. The average Bonchev–Trinajstić information content (AvgIpc) is 3.77. The molecule has 290 valence electrons. The van der Waals surface area contributed by atoms with Gasteiger partial charge in [-0.3, -0.25) is 0 Å². The smallest absolute Gasteiger partial charge is 0.143 e. The summed E-state index contributed by atoms with van der Waals surface area (Å²) in [5.41, 5.74) is 9.33. The van der Waals surface area contributed by atoms with E-state index < -0.39 is 0 Å². The first-order valence-electron chi connectivity index (χ1n) is 21.8. The predicted octanol–water partition coefficient (Wildman–Crippen LogP) is 17.8. The van der Waals surface area contributed by atoms with Gasteiger partial charge in [0.05, 0.1) is 0 Å². The molecular weight excluding hydrogens is 761 g/mol. The van der Waals surface area contributed by atoms with E-state index in [1.807, 2.05) is 0 Å². The van der Waals surface area contributed by atoms with Crippen molar-refractivity contribution in [2.24, 2.45) is 0 Å². The monoisotopic (exact) mass is 796 g/mol. The van der Waals surface area contributed by atoms with Crippen LogP contribution >= 0.6 is 0 Å². The third-order valence-corrected chi connectivity index (χ3v) is 13.8. The van der Waals surface area contributed by atoms with Crippen LogP contribution in [0.2, 0.25) is 0 Å². The van der Waals surface area contributed by atoms with Crippen molar-refractivity contribution < 1.29 is 4.42 Å². The molecule has 0 spiro atoms. The van der Waals surface area contributed by atoms with Gasteiger partial charge in [0.1, 0.15) is 11.2 Å². The van der Waals surface area contributed by atoms with Gasteiger partial charge >= 0.3 is 0 Å². The first-order valence-corrected chi connectivity index (χ1v) is 21.8. The maximum atomic E-state index is 7.05. The van der Waals surface area contributed by atoms with E-state index in [1.165, 1.54) is 120 Å². The van der Waals surface area contributed by atoms with Gasteiger partial charge in [0.25, 0.3) is 0 Å². The minimum Gasteiger partial charge on any atom is -0.455 e. The fraction of sp³-hybridized carbons (Fsp3) is 0. The summed E-state index contributed by atoms with van der Waals surface area (Å²) in [5, 5.41) is 22.0. The molecule has 0 atom stereocenters. The summed E-state index contributed by atoms with van der Waals surface area (Å²) in [6.45, 7) is 0. The number of benzene rings is 13. The molecule has 14 aromatic rings. The van der Waals surface area contributed by atoms with E-state index in [-0.39, 0.29) is 0 Å². The van der Waals surface area contributed by atoms with Crippen LogP contribution in [0.4, 0.5) is 0 Å². The van der Waals surface area contributed by atoms with Crippen LogP contribution in [-0.4, -0.2) is 0 Å². The largest absolute Gasteiger partial charge is 0.455 e. The Balaban J connectivity index is 0.936. The molecule has 14 rings (SSSR count).